The Morgan fingerprint density at radius 2 is 0.685 bits per heavy atom. The minimum Gasteiger partial charge on any atom is -0.0616 e. The molecule has 0 atom stereocenters. The van der Waals surface area contributed by atoms with E-state index in [2.05, 4.69) is 177 Å². The molecule has 0 nitrogen and oxygen atoms in total. The highest BCUT2D eigenvalue weighted by molar-refractivity contribution is 6.44. The van der Waals surface area contributed by atoms with Gasteiger partial charge in [-0.2, -0.15) is 0 Å². The first-order valence-electron chi connectivity index (χ1n) is 20.1. The van der Waals surface area contributed by atoms with E-state index in [-0.39, 0.29) is 0 Å². The van der Waals surface area contributed by atoms with Crippen LogP contribution in [0.4, 0.5) is 0 Å². The fourth-order valence-electron chi connectivity index (χ4n) is 9.71. The third kappa shape index (κ3) is 4.68. The maximum atomic E-state index is 2.59. The molecule has 0 heteroatoms. The van der Waals surface area contributed by atoms with Crippen molar-refractivity contribution in [2.75, 3.05) is 0 Å². The Bertz CT molecular complexity index is 3040. The average Bonchev–Trinajstić information content (AvgIpc) is 3.68. The molecule has 10 rings (SSSR count). The second kappa shape index (κ2) is 12.0. The molecule has 0 aliphatic heterocycles. The Morgan fingerprint density at radius 1 is 0.278 bits per heavy atom. The second-order valence-corrected chi connectivity index (χ2v) is 17.2. The van der Waals surface area contributed by atoms with Gasteiger partial charge in [-0.3, -0.25) is 0 Å². The van der Waals surface area contributed by atoms with E-state index in [0.29, 0.717) is 23.7 Å². The molecule has 10 aromatic carbocycles. The Morgan fingerprint density at radius 3 is 1.20 bits per heavy atom. The molecular formula is C54H48. The molecule has 264 valence electrons. The zero-order valence-corrected chi connectivity index (χ0v) is 32.9. The standard InChI is InChI=1S/C54H48/c1-29(2)34-22-35(30(3)4)25-38(24-34)49-47-28-46-41-17-10-9-16-40(41)42-18-13-21-45(51(42)46)52(47)50(39-26-36(31(5)6)23-37(27-39)32(7)8)54-44-20-12-15-33-14-11-19-43(48(33)44)53(49)54/h9-32H,1-8H3. The normalized spacial score (nSPS) is 12.7. The Balaban J connectivity index is 1.56. The van der Waals surface area contributed by atoms with Crippen LogP contribution in [-0.2, 0) is 0 Å². The topological polar surface area (TPSA) is 0 Å². The van der Waals surface area contributed by atoms with Gasteiger partial charge in [0.15, 0.2) is 0 Å². The number of hydrogen-bond donors (Lipinski definition) is 0. The molecular weight excluding hydrogens is 649 g/mol. The summed E-state index contributed by atoms with van der Waals surface area (Å²) in [5.41, 5.74) is 11.0. The minimum atomic E-state index is 0.418. The van der Waals surface area contributed by atoms with Crippen LogP contribution in [0.2, 0.25) is 0 Å². The molecule has 0 N–H and O–H groups in total. The molecule has 0 unspecified atom stereocenters. The zero-order chi connectivity index (χ0) is 37.2. The van der Waals surface area contributed by atoms with Crippen LogP contribution in [0.25, 0.3) is 97.7 Å². The van der Waals surface area contributed by atoms with E-state index in [4.69, 9.17) is 0 Å². The highest BCUT2D eigenvalue weighted by Gasteiger charge is 2.27. The monoisotopic (exact) mass is 696 g/mol. The fraction of sp³-hybridized carbons (Fsp3) is 0.222. The number of rotatable bonds is 6. The zero-order valence-electron chi connectivity index (χ0n) is 32.9. The van der Waals surface area contributed by atoms with Gasteiger partial charge in [0.2, 0.25) is 0 Å². The van der Waals surface area contributed by atoms with E-state index in [1.165, 1.54) is 120 Å². The van der Waals surface area contributed by atoms with E-state index in [0.717, 1.165) is 0 Å². The highest BCUT2D eigenvalue weighted by atomic mass is 14.3. The van der Waals surface area contributed by atoms with Crippen LogP contribution in [0.1, 0.15) is 101 Å². The van der Waals surface area contributed by atoms with Gasteiger partial charge in [0.1, 0.15) is 0 Å². The molecule has 0 saturated heterocycles. The minimum absolute atomic E-state index is 0.418. The second-order valence-electron chi connectivity index (χ2n) is 17.2. The van der Waals surface area contributed by atoms with Gasteiger partial charge >= 0.3 is 0 Å². The van der Waals surface area contributed by atoms with Crippen molar-refractivity contribution in [3.05, 3.63) is 144 Å². The van der Waals surface area contributed by atoms with Crippen LogP contribution >= 0.6 is 0 Å². The molecule has 0 amide bonds. The SMILES string of the molecule is CC(C)c1cc(-c2c3cc4c5ccccc5c5cccc(c3c(-c3cc(C(C)C)cc(C(C)C)c3)c3c6cccc7cccc(c23)c76)c54)cc(C(C)C)c1. The predicted octanol–water partition coefficient (Wildman–Crippen LogP) is 16.5. The van der Waals surface area contributed by atoms with Gasteiger partial charge in [-0.05, 0) is 150 Å². The third-order valence-corrected chi connectivity index (χ3v) is 12.6. The first kappa shape index (κ1) is 33.1. The summed E-state index contributed by atoms with van der Waals surface area (Å²) in [7, 11) is 0. The summed E-state index contributed by atoms with van der Waals surface area (Å²) < 4.78 is 0. The van der Waals surface area contributed by atoms with Gasteiger partial charge in [-0.15, -0.1) is 0 Å². The van der Waals surface area contributed by atoms with Gasteiger partial charge in [0.25, 0.3) is 0 Å². The molecule has 54 heavy (non-hydrogen) atoms. The molecule has 0 aromatic heterocycles. The summed E-state index contributed by atoms with van der Waals surface area (Å²) in [4.78, 5) is 0. The highest BCUT2D eigenvalue weighted by Crippen LogP contribution is 2.55. The van der Waals surface area contributed by atoms with Gasteiger partial charge in [-0.25, -0.2) is 0 Å². The van der Waals surface area contributed by atoms with Crippen molar-refractivity contribution in [3.8, 4) is 22.3 Å². The van der Waals surface area contributed by atoms with Gasteiger partial charge in [-0.1, -0.05) is 171 Å². The maximum absolute atomic E-state index is 2.59. The van der Waals surface area contributed by atoms with E-state index >= 15 is 0 Å². The first-order chi connectivity index (χ1) is 26.1. The van der Waals surface area contributed by atoms with Crippen molar-refractivity contribution in [1.29, 1.82) is 0 Å². The van der Waals surface area contributed by atoms with Crippen molar-refractivity contribution in [3.63, 3.8) is 0 Å². The summed E-state index contributed by atoms with van der Waals surface area (Å²) in [6.45, 7) is 18.7. The molecule has 0 bridgehead atoms. The van der Waals surface area contributed by atoms with E-state index in [9.17, 15) is 0 Å². The van der Waals surface area contributed by atoms with Crippen molar-refractivity contribution in [2.45, 2.75) is 79.1 Å². The Kier molecular flexibility index (Phi) is 7.38. The Labute approximate surface area is 319 Å². The van der Waals surface area contributed by atoms with Crippen molar-refractivity contribution >= 4 is 75.4 Å². The van der Waals surface area contributed by atoms with Crippen molar-refractivity contribution in [2.24, 2.45) is 0 Å². The molecule has 0 spiro atoms. The quantitative estimate of drug-likeness (QED) is 0.152. The van der Waals surface area contributed by atoms with E-state index in [1.54, 1.807) is 0 Å². The van der Waals surface area contributed by atoms with Crippen LogP contribution < -0.4 is 0 Å². The fourth-order valence-corrected chi connectivity index (χ4v) is 9.71. The lowest BCUT2D eigenvalue weighted by Gasteiger charge is -2.22. The Hall–Kier alpha value is -5.46. The lowest BCUT2D eigenvalue weighted by atomic mass is 9.81. The van der Waals surface area contributed by atoms with Crippen LogP contribution in [0, 0.1) is 0 Å². The maximum Gasteiger partial charge on any atom is -0.000719 e. The third-order valence-electron chi connectivity index (χ3n) is 12.6. The largest absolute Gasteiger partial charge is 0.0616 e. The van der Waals surface area contributed by atoms with Crippen LogP contribution in [0.5, 0.6) is 0 Å². The predicted molar refractivity (Wildman–Crippen MR) is 239 cm³/mol. The van der Waals surface area contributed by atoms with Crippen LogP contribution in [0.15, 0.2) is 121 Å². The lowest BCUT2D eigenvalue weighted by Crippen LogP contribution is -1.98. The molecule has 0 aliphatic carbocycles. The van der Waals surface area contributed by atoms with Gasteiger partial charge in [0, 0.05) is 0 Å². The molecule has 10 aromatic rings. The summed E-state index contributed by atoms with van der Waals surface area (Å²) in [5, 5.41) is 19.0. The number of fused-ring (bicyclic) bond motifs is 8. The summed E-state index contributed by atoms with van der Waals surface area (Å²) in [6.07, 6.45) is 0. The van der Waals surface area contributed by atoms with E-state index < -0.39 is 0 Å². The van der Waals surface area contributed by atoms with Gasteiger partial charge in [0.05, 0.1) is 0 Å². The summed E-state index contributed by atoms with van der Waals surface area (Å²) >= 11 is 0. The van der Waals surface area contributed by atoms with Crippen LogP contribution in [-0.4, -0.2) is 0 Å². The smallest absolute Gasteiger partial charge is 0.000719 e. The molecule has 0 radical (unpaired) electrons. The summed E-state index contributed by atoms with van der Waals surface area (Å²) in [5.74, 6) is 1.67. The lowest BCUT2D eigenvalue weighted by molar-refractivity contribution is 0.834. The average molecular weight is 697 g/mol. The molecule has 0 aliphatic rings. The number of benzene rings is 8. The molecule has 0 heterocycles. The summed E-state index contributed by atoms with van der Waals surface area (Å²) in [6, 6.07) is 47.6. The van der Waals surface area contributed by atoms with E-state index in [1.807, 2.05) is 0 Å². The van der Waals surface area contributed by atoms with Crippen LogP contribution in [0.3, 0.4) is 0 Å². The van der Waals surface area contributed by atoms with Crippen molar-refractivity contribution < 1.29 is 0 Å². The van der Waals surface area contributed by atoms with Gasteiger partial charge < -0.3 is 0 Å². The molecule has 0 saturated carbocycles. The number of hydrogen-bond acceptors (Lipinski definition) is 0. The molecule has 0 fully saturated rings. The first-order valence-corrected chi connectivity index (χ1v) is 20.1. The van der Waals surface area contributed by atoms with Crippen molar-refractivity contribution in [1.82, 2.24) is 0 Å².